The van der Waals surface area contributed by atoms with Crippen LogP contribution in [0.25, 0.3) is 0 Å². The maximum Gasteiger partial charge on any atom is 0.0834 e. The molecule has 1 atom stereocenters. The van der Waals surface area contributed by atoms with Crippen LogP contribution in [0.3, 0.4) is 0 Å². The highest BCUT2D eigenvalue weighted by Crippen LogP contribution is 2.50. The van der Waals surface area contributed by atoms with Crippen LogP contribution in [0.5, 0.6) is 0 Å². The van der Waals surface area contributed by atoms with Crippen LogP contribution >= 0.6 is 11.6 Å². The second kappa shape index (κ2) is 5.59. The van der Waals surface area contributed by atoms with Gasteiger partial charge in [-0.1, -0.05) is 31.4 Å². The third-order valence-electron chi connectivity index (χ3n) is 4.49. The first-order chi connectivity index (χ1) is 8.68. The summed E-state index contributed by atoms with van der Waals surface area (Å²) in [5.74, 6) is 5.85. The Labute approximate surface area is 114 Å². The molecule has 0 aliphatic heterocycles. The molecule has 2 rings (SSSR count). The van der Waals surface area contributed by atoms with Gasteiger partial charge in [-0.2, -0.15) is 5.10 Å². The zero-order chi connectivity index (χ0) is 13.2. The summed E-state index contributed by atoms with van der Waals surface area (Å²) in [6.07, 6.45) is 7.83. The molecule has 0 spiro atoms. The van der Waals surface area contributed by atoms with Gasteiger partial charge in [0.05, 0.1) is 23.0 Å². The Morgan fingerprint density at radius 2 is 2.17 bits per heavy atom. The number of nitrogens with zero attached hydrogens (tertiary/aromatic N) is 2. The van der Waals surface area contributed by atoms with E-state index >= 15 is 0 Å². The number of halogens is 1. The maximum absolute atomic E-state index is 6.32. The number of aromatic nitrogens is 2. The van der Waals surface area contributed by atoms with Gasteiger partial charge in [-0.05, 0) is 31.6 Å². The van der Waals surface area contributed by atoms with Crippen LogP contribution in [0, 0.1) is 5.41 Å². The molecule has 1 fully saturated rings. The molecule has 5 heteroatoms. The van der Waals surface area contributed by atoms with Gasteiger partial charge in [0.1, 0.15) is 0 Å². The monoisotopic (exact) mass is 270 g/mol. The van der Waals surface area contributed by atoms with Gasteiger partial charge in [-0.15, -0.1) is 0 Å². The summed E-state index contributed by atoms with van der Waals surface area (Å²) in [4.78, 5) is 0. The van der Waals surface area contributed by atoms with Gasteiger partial charge < -0.3 is 0 Å². The number of hydrogen-bond donors (Lipinski definition) is 2. The van der Waals surface area contributed by atoms with Gasteiger partial charge in [-0.25, -0.2) is 0 Å². The Bertz CT molecular complexity index is 396. The van der Waals surface area contributed by atoms with E-state index in [1.54, 1.807) is 6.20 Å². The van der Waals surface area contributed by atoms with Crippen molar-refractivity contribution in [2.75, 3.05) is 0 Å². The topological polar surface area (TPSA) is 55.9 Å². The molecule has 102 valence electrons. The minimum Gasteiger partial charge on any atom is -0.271 e. The largest absolute Gasteiger partial charge is 0.271 e. The number of aryl methyl sites for hydroxylation is 1. The Balaban J connectivity index is 2.40. The van der Waals surface area contributed by atoms with Gasteiger partial charge in [0, 0.05) is 6.54 Å². The van der Waals surface area contributed by atoms with Crippen molar-refractivity contribution < 1.29 is 0 Å². The molecule has 1 heterocycles. The van der Waals surface area contributed by atoms with Crippen LogP contribution in [0.2, 0.25) is 5.02 Å². The number of rotatable bonds is 5. The van der Waals surface area contributed by atoms with Crippen LogP contribution in [0.4, 0.5) is 0 Å². The summed E-state index contributed by atoms with van der Waals surface area (Å²) in [6, 6.07) is 0.0972. The maximum atomic E-state index is 6.32. The lowest BCUT2D eigenvalue weighted by atomic mass is 9.75. The SMILES string of the molecule is CCn1ncc(Cl)c1C(NN)C1(CC)CCCC1. The Kier molecular flexibility index (Phi) is 4.30. The van der Waals surface area contributed by atoms with Crippen LogP contribution in [-0.2, 0) is 6.54 Å². The molecular formula is C13H23ClN4. The molecule has 1 saturated carbocycles. The lowest BCUT2D eigenvalue weighted by molar-refractivity contribution is 0.179. The zero-order valence-electron chi connectivity index (χ0n) is 11.2. The summed E-state index contributed by atoms with van der Waals surface area (Å²) in [7, 11) is 0. The van der Waals surface area contributed by atoms with E-state index in [0.717, 1.165) is 23.7 Å². The van der Waals surface area contributed by atoms with Crippen molar-refractivity contribution in [3.63, 3.8) is 0 Å². The van der Waals surface area contributed by atoms with E-state index in [-0.39, 0.29) is 11.5 Å². The highest BCUT2D eigenvalue weighted by Gasteiger charge is 2.42. The van der Waals surface area contributed by atoms with Crippen molar-refractivity contribution in [1.82, 2.24) is 15.2 Å². The molecule has 1 aromatic heterocycles. The molecule has 1 aromatic rings. The molecule has 1 unspecified atom stereocenters. The predicted octanol–water partition coefficient (Wildman–Crippen LogP) is 3.03. The van der Waals surface area contributed by atoms with E-state index in [1.807, 2.05) is 4.68 Å². The smallest absolute Gasteiger partial charge is 0.0834 e. The van der Waals surface area contributed by atoms with E-state index in [0.29, 0.717) is 0 Å². The van der Waals surface area contributed by atoms with Crippen molar-refractivity contribution in [2.24, 2.45) is 11.3 Å². The van der Waals surface area contributed by atoms with E-state index < -0.39 is 0 Å². The standard InChI is InChI=1S/C13H23ClN4/c1-3-13(7-5-6-8-13)12(17-15)11-10(14)9-16-18(11)4-2/h9,12,17H,3-8,15H2,1-2H3. The highest BCUT2D eigenvalue weighted by molar-refractivity contribution is 6.31. The molecule has 0 aromatic carbocycles. The van der Waals surface area contributed by atoms with Gasteiger partial charge in [-0.3, -0.25) is 16.0 Å². The van der Waals surface area contributed by atoms with Crippen LogP contribution in [0.1, 0.15) is 57.7 Å². The van der Waals surface area contributed by atoms with E-state index in [9.17, 15) is 0 Å². The minimum absolute atomic E-state index is 0.0972. The normalized spacial score (nSPS) is 20.2. The first-order valence-corrected chi connectivity index (χ1v) is 7.23. The Morgan fingerprint density at radius 3 is 2.67 bits per heavy atom. The third-order valence-corrected chi connectivity index (χ3v) is 4.78. The summed E-state index contributed by atoms with van der Waals surface area (Å²) in [5.41, 5.74) is 4.28. The fourth-order valence-corrected chi connectivity index (χ4v) is 3.63. The van der Waals surface area contributed by atoms with Crippen LogP contribution in [0.15, 0.2) is 6.20 Å². The average molecular weight is 271 g/mol. The summed E-state index contributed by atoms with van der Waals surface area (Å²) >= 11 is 6.32. The Morgan fingerprint density at radius 1 is 1.50 bits per heavy atom. The number of nitrogens with two attached hydrogens (primary N) is 1. The molecule has 0 radical (unpaired) electrons. The summed E-state index contributed by atoms with van der Waals surface area (Å²) < 4.78 is 1.96. The zero-order valence-corrected chi connectivity index (χ0v) is 12.0. The van der Waals surface area contributed by atoms with Crippen LogP contribution < -0.4 is 11.3 Å². The molecule has 3 N–H and O–H groups in total. The third kappa shape index (κ3) is 2.17. The molecule has 1 aliphatic carbocycles. The van der Waals surface area contributed by atoms with Crippen LogP contribution in [-0.4, -0.2) is 9.78 Å². The van der Waals surface area contributed by atoms with Crippen molar-refractivity contribution >= 4 is 11.6 Å². The Hall–Kier alpha value is -0.580. The summed E-state index contributed by atoms with van der Waals surface area (Å²) in [5, 5.41) is 5.05. The fourth-order valence-electron chi connectivity index (χ4n) is 3.38. The predicted molar refractivity (Wildman–Crippen MR) is 74.2 cm³/mol. The fraction of sp³-hybridized carbons (Fsp3) is 0.769. The first-order valence-electron chi connectivity index (χ1n) is 6.86. The quantitative estimate of drug-likeness (QED) is 0.639. The van der Waals surface area contributed by atoms with Gasteiger partial charge in [0.15, 0.2) is 0 Å². The van der Waals surface area contributed by atoms with E-state index in [4.69, 9.17) is 17.4 Å². The minimum atomic E-state index is 0.0972. The molecule has 18 heavy (non-hydrogen) atoms. The van der Waals surface area contributed by atoms with E-state index in [1.165, 1.54) is 25.7 Å². The second-order valence-electron chi connectivity index (χ2n) is 5.22. The van der Waals surface area contributed by atoms with Gasteiger partial charge >= 0.3 is 0 Å². The molecule has 0 amide bonds. The number of nitrogens with one attached hydrogen (secondary N) is 1. The van der Waals surface area contributed by atoms with Crippen molar-refractivity contribution in [3.8, 4) is 0 Å². The second-order valence-corrected chi connectivity index (χ2v) is 5.62. The molecule has 1 aliphatic rings. The van der Waals surface area contributed by atoms with E-state index in [2.05, 4.69) is 24.4 Å². The molecular weight excluding hydrogens is 248 g/mol. The van der Waals surface area contributed by atoms with Gasteiger partial charge in [0.2, 0.25) is 0 Å². The highest BCUT2D eigenvalue weighted by atomic mass is 35.5. The van der Waals surface area contributed by atoms with Crippen molar-refractivity contribution in [1.29, 1.82) is 0 Å². The molecule has 0 saturated heterocycles. The van der Waals surface area contributed by atoms with Crippen molar-refractivity contribution in [3.05, 3.63) is 16.9 Å². The molecule has 0 bridgehead atoms. The lowest BCUT2D eigenvalue weighted by Gasteiger charge is -2.37. The number of hydrogen-bond acceptors (Lipinski definition) is 3. The lowest BCUT2D eigenvalue weighted by Crippen LogP contribution is -2.41. The average Bonchev–Trinajstić information content (AvgIpc) is 3.00. The van der Waals surface area contributed by atoms with Gasteiger partial charge in [0.25, 0.3) is 0 Å². The first kappa shape index (κ1) is 13.8. The molecule has 4 nitrogen and oxygen atoms in total. The number of hydrazine groups is 1. The summed E-state index contributed by atoms with van der Waals surface area (Å²) in [6.45, 7) is 5.14. The van der Waals surface area contributed by atoms with Crippen molar-refractivity contribution in [2.45, 2.75) is 58.5 Å².